The molecule has 2 N–H and O–H groups in total. The van der Waals surface area contributed by atoms with Crippen molar-refractivity contribution in [2.24, 2.45) is 7.05 Å². The van der Waals surface area contributed by atoms with Crippen LogP contribution in [0.15, 0.2) is 10.5 Å². The summed E-state index contributed by atoms with van der Waals surface area (Å²) < 4.78 is 7.22. The summed E-state index contributed by atoms with van der Waals surface area (Å²) in [5.74, 6) is 1.27. The Morgan fingerprint density at radius 3 is 2.89 bits per heavy atom. The largest absolute Gasteiger partial charge is 0.406 e. The van der Waals surface area contributed by atoms with Crippen molar-refractivity contribution >= 4 is 11.8 Å². The summed E-state index contributed by atoms with van der Waals surface area (Å²) in [5, 5.41) is 18.3. The summed E-state index contributed by atoms with van der Waals surface area (Å²) in [4.78, 5) is 0. The van der Waals surface area contributed by atoms with Gasteiger partial charge in [0.05, 0.1) is 6.54 Å². The number of nitrogens with one attached hydrogen (secondary N) is 2. The van der Waals surface area contributed by atoms with Gasteiger partial charge in [0, 0.05) is 18.8 Å². The number of hydrogen-bond donors (Lipinski definition) is 2. The van der Waals surface area contributed by atoms with Crippen LogP contribution in [0.1, 0.15) is 24.9 Å². The second-order valence-corrected chi connectivity index (χ2v) is 4.10. The summed E-state index contributed by atoms with van der Waals surface area (Å²) in [6, 6.07) is 2.28. The second kappa shape index (κ2) is 5.63. The van der Waals surface area contributed by atoms with Crippen LogP contribution in [0.2, 0.25) is 0 Å². The van der Waals surface area contributed by atoms with Crippen molar-refractivity contribution in [1.82, 2.24) is 25.3 Å². The number of nitrogens with zero attached hydrogens (tertiary/aromatic N) is 4. The summed E-state index contributed by atoms with van der Waals surface area (Å²) in [7, 11) is 1.88. The van der Waals surface area contributed by atoms with E-state index in [1.54, 1.807) is 4.68 Å². The van der Waals surface area contributed by atoms with Crippen LogP contribution in [0.3, 0.4) is 0 Å². The zero-order valence-electron chi connectivity index (χ0n) is 10.9. The lowest BCUT2D eigenvalue weighted by Gasteiger charge is -1.97. The fourth-order valence-electron chi connectivity index (χ4n) is 1.48. The van der Waals surface area contributed by atoms with Gasteiger partial charge < -0.3 is 9.73 Å². The first-order chi connectivity index (χ1) is 8.69. The van der Waals surface area contributed by atoms with E-state index in [2.05, 4.69) is 32.9 Å². The van der Waals surface area contributed by atoms with Gasteiger partial charge in [-0.3, -0.25) is 10.00 Å². The average molecular weight is 250 g/mol. The second-order valence-electron chi connectivity index (χ2n) is 4.10. The zero-order valence-corrected chi connectivity index (χ0v) is 10.9. The minimum atomic E-state index is 0.362. The third-order valence-electron chi connectivity index (χ3n) is 2.52. The van der Waals surface area contributed by atoms with Crippen LogP contribution in [0.5, 0.6) is 0 Å². The number of anilines is 2. The highest BCUT2D eigenvalue weighted by Crippen LogP contribution is 2.14. The topological polar surface area (TPSA) is 80.8 Å². The Bertz CT molecular complexity index is 484. The highest BCUT2D eigenvalue weighted by molar-refractivity contribution is 5.45. The molecule has 0 aliphatic heterocycles. The first-order valence-corrected chi connectivity index (χ1v) is 6.00. The summed E-state index contributed by atoms with van der Waals surface area (Å²) in [6.45, 7) is 5.61. The molecule has 0 saturated heterocycles. The lowest BCUT2D eigenvalue weighted by Crippen LogP contribution is -2.13. The van der Waals surface area contributed by atoms with Gasteiger partial charge in [-0.05, 0) is 19.9 Å². The summed E-state index contributed by atoms with van der Waals surface area (Å²) in [5.41, 5.74) is 1.06. The van der Waals surface area contributed by atoms with E-state index in [1.807, 2.05) is 20.0 Å². The Morgan fingerprint density at radius 2 is 2.22 bits per heavy atom. The van der Waals surface area contributed by atoms with Crippen LogP contribution in [0, 0.1) is 6.92 Å². The lowest BCUT2D eigenvalue weighted by atomic mass is 10.5. The third kappa shape index (κ3) is 3.07. The van der Waals surface area contributed by atoms with Crippen LogP contribution >= 0.6 is 0 Å². The van der Waals surface area contributed by atoms with E-state index in [4.69, 9.17) is 4.42 Å². The quantitative estimate of drug-likeness (QED) is 0.753. The van der Waals surface area contributed by atoms with Crippen LogP contribution in [-0.4, -0.2) is 26.5 Å². The molecule has 2 rings (SSSR count). The highest BCUT2D eigenvalue weighted by Gasteiger charge is 2.08. The smallest absolute Gasteiger partial charge is 0.321 e. The van der Waals surface area contributed by atoms with E-state index >= 15 is 0 Å². The Hall–Kier alpha value is -1.89. The molecule has 98 valence electrons. The molecule has 2 heterocycles. The van der Waals surface area contributed by atoms with Gasteiger partial charge in [0.25, 0.3) is 0 Å². The van der Waals surface area contributed by atoms with Crippen molar-refractivity contribution in [3.63, 3.8) is 0 Å². The molecule has 18 heavy (non-hydrogen) atoms. The summed E-state index contributed by atoms with van der Waals surface area (Å²) >= 11 is 0. The molecule has 0 atom stereocenters. The molecule has 7 nitrogen and oxygen atoms in total. The molecule has 0 aliphatic carbocycles. The van der Waals surface area contributed by atoms with Crippen molar-refractivity contribution in [2.45, 2.75) is 26.8 Å². The van der Waals surface area contributed by atoms with Gasteiger partial charge in [0.15, 0.2) is 5.82 Å². The number of rotatable bonds is 6. The van der Waals surface area contributed by atoms with E-state index in [-0.39, 0.29) is 0 Å². The van der Waals surface area contributed by atoms with E-state index in [0.717, 1.165) is 18.7 Å². The van der Waals surface area contributed by atoms with E-state index in [9.17, 15) is 0 Å². The number of hydrogen-bond acceptors (Lipinski definition) is 6. The maximum Gasteiger partial charge on any atom is 0.321 e. The van der Waals surface area contributed by atoms with Crippen LogP contribution < -0.4 is 10.6 Å². The number of aryl methyl sites for hydroxylation is 2. The molecule has 7 heteroatoms. The molecular weight excluding hydrogens is 232 g/mol. The van der Waals surface area contributed by atoms with Crippen molar-refractivity contribution < 1.29 is 4.42 Å². The minimum absolute atomic E-state index is 0.362. The van der Waals surface area contributed by atoms with Gasteiger partial charge in [-0.2, -0.15) is 5.10 Å². The van der Waals surface area contributed by atoms with Gasteiger partial charge in [-0.15, -0.1) is 5.10 Å². The fourth-order valence-corrected chi connectivity index (χ4v) is 1.48. The van der Waals surface area contributed by atoms with E-state index in [1.165, 1.54) is 0 Å². The molecular formula is C11H18N6O. The molecule has 2 aromatic rings. The van der Waals surface area contributed by atoms with Gasteiger partial charge in [-0.1, -0.05) is 12.0 Å². The predicted molar refractivity (Wildman–Crippen MR) is 67.5 cm³/mol. The first-order valence-electron chi connectivity index (χ1n) is 6.00. The molecule has 0 saturated carbocycles. The average Bonchev–Trinajstić information content (AvgIpc) is 2.88. The van der Waals surface area contributed by atoms with Gasteiger partial charge in [0.1, 0.15) is 0 Å². The van der Waals surface area contributed by atoms with Crippen molar-refractivity contribution in [2.75, 3.05) is 11.9 Å². The Balaban J connectivity index is 1.93. The number of aromatic nitrogens is 4. The monoisotopic (exact) mass is 250 g/mol. The fraction of sp³-hybridized carbons (Fsp3) is 0.545. The van der Waals surface area contributed by atoms with Crippen molar-refractivity contribution in [3.05, 3.63) is 17.7 Å². The maximum absolute atomic E-state index is 5.44. The third-order valence-corrected chi connectivity index (χ3v) is 2.52. The molecule has 0 fully saturated rings. The van der Waals surface area contributed by atoms with E-state index in [0.29, 0.717) is 24.3 Å². The molecule has 0 aliphatic rings. The lowest BCUT2D eigenvalue weighted by molar-refractivity contribution is 0.479. The SMILES string of the molecule is CCCNCc1nnc(Nc2cc(C)n(C)n2)o1. The minimum Gasteiger partial charge on any atom is -0.406 e. The Morgan fingerprint density at radius 1 is 1.39 bits per heavy atom. The van der Waals surface area contributed by atoms with Crippen molar-refractivity contribution in [3.8, 4) is 0 Å². The van der Waals surface area contributed by atoms with Gasteiger partial charge >= 0.3 is 6.01 Å². The first kappa shape index (κ1) is 12.6. The molecule has 0 spiro atoms. The van der Waals surface area contributed by atoms with Crippen molar-refractivity contribution in [1.29, 1.82) is 0 Å². The molecule has 0 bridgehead atoms. The van der Waals surface area contributed by atoms with Gasteiger partial charge in [0.2, 0.25) is 5.89 Å². The highest BCUT2D eigenvalue weighted by atomic mass is 16.4. The Kier molecular flexibility index (Phi) is 3.93. The molecule has 0 radical (unpaired) electrons. The molecule has 2 aromatic heterocycles. The zero-order chi connectivity index (χ0) is 13.0. The summed E-state index contributed by atoms with van der Waals surface area (Å²) in [6.07, 6.45) is 1.08. The maximum atomic E-state index is 5.44. The van der Waals surface area contributed by atoms with Gasteiger partial charge in [-0.25, -0.2) is 0 Å². The predicted octanol–water partition coefficient (Wildman–Crippen LogP) is 1.35. The molecule has 0 unspecified atom stereocenters. The molecule has 0 aromatic carbocycles. The standard InChI is InChI=1S/C11H18N6O/c1-4-5-12-7-10-14-15-11(18-10)13-9-6-8(2)17(3)16-9/h6,12H,4-5,7H2,1-3H3,(H,13,15,16). The van der Waals surface area contributed by atoms with Crippen LogP contribution in [0.25, 0.3) is 0 Å². The van der Waals surface area contributed by atoms with Crippen LogP contribution in [-0.2, 0) is 13.6 Å². The molecule has 0 amide bonds. The van der Waals surface area contributed by atoms with Crippen LogP contribution in [0.4, 0.5) is 11.8 Å². The van der Waals surface area contributed by atoms with E-state index < -0.39 is 0 Å². The normalized spacial score (nSPS) is 10.8. The Labute approximate surface area is 106 Å².